The lowest BCUT2D eigenvalue weighted by Crippen LogP contribution is -2.36. The number of esters is 1. The first-order chi connectivity index (χ1) is 14.0. The lowest BCUT2D eigenvalue weighted by molar-refractivity contribution is -0.136. The molecule has 0 aliphatic heterocycles. The van der Waals surface area contributed by atoms with Gasteiger partial charge in [-0.25, -0.2) is 4.79 Å². The van der Waals surface area contributed by atoms with Crippen molar-refractivity contribution in [2.75, 3.05) is 5.32 Å². The van der Waals surface area contributed by atoms with Crippen molar-refractivity contribution in [1.29, 1.82) is 0 Å². The third-order valence-electron chi connectivity index (χ3n) is 4.07. The van der Waals surface area contributed by atoms with Gasteiger partial charge in [-0.3, -0.25) is 9.59 Å². The number of ether oxygens (including phenoxy) is 1. The Morgan fingerprint density at radius 1 is 0.793 bits per heavy atom. The van der Waals surface area contributed by atoms with Crippen LogP contribution in [0.3, 0.4) is 0 Å². The number of benzene rings is 3. The van der Waals surface area contributed by atoms with Crippen LogP contribution in [-0.4, -0.2) is 17.8 Å². The van der Waals surface area contributed by atoms with Crippen molar-refractivity contribution in [3.8, 4) is 5.75 Å². The summed E-state index contributed by atoms with van der Waals surface area (Å²) in [5, 5.41) is 5.38. The van der Waals surface area contributed by atoms with E-state index in [4.69, 9.17) is 4.74 Å². The molecule has 3 rings (SSSR count). The molecular formula is C23H20N2O4. The van der Waals surface area contributed by atoms with Crippen molar-refractivity contribution in [3.63, 3.8) is 0 Å². The summed E-state index contributed by atoms with van der Waals surface area (Å²) in [5.74, 6) is -0.883. The Morgan fingerprint density at radius 2 is 1.38 bits per heavy atom. The van der Waals surface area contributed by atoms with Crippen LogP contribution in [0.15, 0.2) is 84.9 Å². The van der Waals surface area contributed by atoms with Crippen LogP contribution in [0.1, 0.15) is 28.9 Å². The number of carbonyl (C=O) groups excluding carboxylic acids is 3. The molecule has 0 spiro atoms. The predicted octanol–water partition coefficient (Wildman–Crippen LogP) is 3.72. The van der Waals surface area contributed by atoms with Crippen LogP contribution in [0.2, 0.25) is 0 Å². The lowest BCUT2D eigenvalue weighted by Gasteiger charge is -2.18. The molecule has 0 aliphatic rings. The smallest absolute Gasteiger partial charge is 0.338 e. The van der Waals surface area contributed by atoms with Gasteiger partial charge in [0.2, 0.25) is 5.91 Å². The second-order valence-corrected chi connectivity index (χ2v) is 6.31. The van der Waals surface area contributed by atoms with Crippen molar-refractivity contribution >= 4 is 23.5 Å². The van der Waals surface area contributed by atoms with E-state index in [0.29, 0.717) is 22.6 Å². The molecule has 0 aliphatic carbocycles. The molecule has 29 heavy (non-hydrogen) atoms. The van der Waals surface area contributed by atoms with E-state index in [0.717, 1.165) is 0 Å². The molecule has 0 saturated carbocycles. The Labute approximate surface area is 168 Å². The summed E-state index contributed by atoms with van der Waals surface area (Å²) in [4.78, 5) is 36.5. The van der Waals surface area contributed by atoms with Crippen molar-refractivity contribution < 1.29 is 19.1 Å². The third kappa shape index (κ3) is 5.52. The molecule has 2 amide bonds. The fraction of sp³-hybridized carbons (Fsp3) is 0.0870. The van der Waals surface area contributed by atoms with Crippen molar-refractivity contribution in [1.82, 2.24) is 5.32 Å². The highest BCUT2D eigenvalue weighted by molar-refractivity contribution is 5.97. The molecule has 3 aromatic rings. The zero-order valence-corrected chi connectivity index (χ0v) is 15.8. The molecule has 0 radical (unpaired) electrons. The van der Waals surface area contributed by atoms with E-state index < -0.39 is 12.0 Å². The summed E-state index contributed by atoms with van der Waals surface area (Å²) in [7, 11) is 0. The molecule has 0 saturated heterocycles. The summed E-state index contributed by atoms with van der Waals surface area (Å²) in [5.41, 5.74) is 1.65. The van der Waals surface area contributed by atoms with Crippen LogP contribution < -0.4 is 15.4 Å². The highest BCUT2D eigenvalue weighted by Crippen LogP contribution is 2.20. The van der Waals surface area contributed by atoms with Gasteiger partial charge in [-0.1, -0.05) is 48.5 Å². The minimum Gasteiger partial charge on any atom is -0.425 e. The van der Waals surface area contributed by atoms with Crippen LogP contribution in [0.5, 0.6) is 5.75 Å². The van der Waals surface area contributed by atoms with Gasteiger partial charge < -0.3 is 15.4 Å². The van der Waals surface area contributed by atoms with E-state index in [9.17, 15) is 14.4 Å². The molecule has 2 N–H and O–H groups in total. The van der Waals surface area contributed by atoms with Gasteiger partial charge in [0.05, 0.1) is 0 Å². The summed E-state index contributed by atoms with van der Waals surface area (Å²) in [6.07, 6.45) is 0. The quantitative estimate of drug-likeness (QED) is 0.498. The minimum atomic E-state index is -0.973. The van der Waals surface area contributed by atoms with Crippen molar-refractivity contribution in [3.05, 3.63) is 96.1 Å². The van der Waals surface area contributed by atoms with E-state index in [-0.39, 0.29) is 11.8 Å². The van der Waals surface area contributed by atoms with Gasteiger partial charge in [0, 0.05) is 18.2 Å². The number of nitrogens with one attached hydrogen (secondary N) is 2. The normalized spacial score (nSPS) is 11.2. The average Bonchev–Trinajstić information content (AvgIpc) is 2.74. The molecule has 6 nitrogen and oxygen atoms in total. The Hall–Kier alpha value is -3.93. The second kappa shape index (κ2) is 9.32. The standard InChI is InChI=1S/C23H20N2O4/c1-16(26)24-19-12-14-20(15-13-19)29-23(28)21(17-8-4-2-5-9-17)25-22(27)18-10-6-3-7-11-18/h2-15,21H,1H3,(H,24,26)(H,25,27). The molecule has 0 fully saturated rings. The summed E-state index contributed by atoms with van der Waals surface area (Å²) in [6, 6.07) is 23.0. The van der Waals surface area contributed by atoms with E-state index in [1.807, 2.05) is 12.1 Å². The zero-order valence-electron chi connectivity index (χ0n) is 15.8. The van der Waals surface area contributed by atoms with Gasteiger partial charge >= 0.3 is 5.97 Å². The highest BCUT2D eigenvalue weighted by atomic mass is 16.5. The van der Waals surface area contributed by atoms with Gasteiger partial charge in [0.25, 0.3) is 5.91 Å². The van der Waals surface area contributed by atoms with Gasteiger partial charge in [0.1, 0.15) is 5.75 Å². The Balaban J connectivity index is 1.77. The molecule has 6 heteroatoms. The molecule has 3 aromatic carbocycles. The van der Waals surface area contributed by atoms with Gasteiger partial charge in [-0.15, -0.1) is 0 Å². The zero-order chi connectivity index (χ0) is 20.6. The molecule has 0 aromatic heterocycles. The van der Waals surface area contributed by atoms with Gasteiger partial charge in [0.15, 0.2) is 6.04 Å². The average molecular weight is 388 g/mol. The first-order valence-electron chi connectivity index (χ1n) is 9.03. The molecule has 1 atom stereocenters. The lowest BCUT2D eigenvalue weighted by atomic mass is 10.1. The van der Waals surface area contributed by atoms with Crippen LogP contribution in [-0.2, 0) is 9.59 Å². The van der Waals surface area contributed by atoms with Crippen molar-refractivity contribution in [2.24, 2.45) is 0 Å². The number of hydrogen-bond donors (Lipinski definition) is 2. The van der Waals surface area contributed by atoms with E-state index >= 15 is 0 Å². The monoisotopic (exact) mass is 388 g/mol. The van der Waals surface area contributed by atoms with Crippen LogP contribution in [0.25, 0.3) is 0 Å². The van der Waals surface area contributed by atoms with E-state index in [1.54, 1.807) is 72.8 Å². The minimum absolute atomic E-state index is 0.192. The predicted molar refractivity (Wildman–Crippen MR) is 109 cm³/mol. The summed E-state index contributed by atoms with van der Waals surface area (Å²) >= 11 is 0. The Bertz CT molecular complexity index is 986. The number of hydrogen-bond acceptors (Lipinski definition) is 4. The van der Waals surface area contributed by atoms with Gasteiger partial charge in [-0.2, -0.15) is 0 Å². The van der Waals surface area contributed by atoms with Crippen LogP contribution in [0, 0.1) is 0 Å². The van der Waals surface area contributed by atoms with Crippen LogP contribution >= 0.6 is 0 Å². The molecule has 0 bridgehead atoms. The summed E-state index contributed by atoms with van der Waals surface area (Å²) in [6.45, 7) is 1.41. The maximum absolute atomic E-state index is 12.8. The third-order valence-corrected chi connectivity index (χ3v) is 4.07. The maximum Gasteiger partial charge on any atom is 0.338 e. The molecular weight excluding hydrogens is 368 g/mol. The summed E-state index contributed by atoms with van der Waals surface area (Å²) < 4.78 is 5.46. The van der Waals surface area contributed by atoms with Crippen molar-refractivity contribution in [2.45, 2.75) is 13.0 Å². The van der Waals surface area contributed by atoms with Gasteiger partial charge in [-0.05, 0) is 42.0 Å². The second-order valence-electron chi connectivity index (χ2n) is 6.31. The topological polar surface area (TPSA) is 84.5 Å². The largest absolute Gasteiger partial charge is 0.425 e. The number of amides is 2. The number of rotatable bonds is 6. The first-order valence-corrected chi connectivity index (χ1v) is 9.03. The number of anilines is 1. The molecule has 146 valence electrons. The fourth-order valence-electron chi connectivity index (χ4n) is 2.71. The Morgan fingerprint density at radius 3 is 1.97 bits per heavy atom. The fourth-order valence-corrected chi connectivity index (χ4v) is 2.71. The Kier molecular flexibility index (Phi) is 6.37. The van der Waals surface area contributed by atoms with E-state index in [2.05, 4.69) is 10.6 Å². The molecule has 0 heterocycles. The highest BCUT2D eigenvalue weighted by Gasteiger charge is 2.25. The number of carbonyl (C=O) groups is 3. The van der Waals surface area contributed by atoms with Crippen LogP contribution in [0.4, 0.5) is 5.69 Å². The first kappa shape index (κ1) is 19.8. The van der Waals surface area contributed by atoms with E-state index in [1.165, 1.54) is 6.92 Å². The molecule has 1 unspecified atom stereocenters. The maximum atomic E-state index is 12.8. The SMILES string of the molecule is CC(=O)Nc1ccc(OC(=O)C(NC(=O)c2ccccc2)c2ccccc2)cc1.